The number of aliphatic carboxylic acids is 1. The van der Waals surface area contributed by atoms with E-state index >= 15 is 0 Å². The van der Waals surface area contributed by atoms with Crippen molar-refractivity contribution >= 4 is 11.9 Å². The molecule has 8 rings (SSSR count). The Morgan fingerprint density at radius 1 is 0.730 bits per heavy atom. The van der Waals surface area contributed by atoms with Crippen molar-refractivity contribution in [1.82, 2.24) is 0 Å². The Morgan fingerprint density at radius 2 is 1.38 bits per heavy atom. The van der Waals surface area contributed by atoms with E-state index in [9.17, 15) is 76.0 Å². The number of hydrogen-bond donors (Lipinski definition) is 13. The smallest absolute Gasteiger partial charge is 0.335 e. The summed E-state index contributed by atoms with van der Waals surface area (Å²) < 4.78 is 42.3. The quantitative estimate of drug-likeness (QED) is 0.0497. The molecule has 0 bridgehead atoms. The average molecular weight is 1060 g/mol. The monoisotopic (exact) mass is 1060 g/mol. The van der Waals surface area contributed by atoms with Gasteiger partial charge in [-0.3, -0.25) is 0 Å². The minimum Gasteiger partial charge on any atom is -0.479 e. The van der Waals surface area contributed by atoms with E-state index in [2.05, 4.69) is 19.9 Å². The lowest BCUT2D eigenvalue weighted by molar-refractivity contribution is -0.392. The molecule has 3 aliphatic heterocycles. The summed E-state index contributed by atoms with van der Waals surface area (Å²) in [6, 6.07) is 0. The minimum absolute atomic E-state index is 0.118. The molecular formula is C52H82O22. The van der Waals surface area contributed by atoms with Gasteiger partial charge in [-0.2, -0.15) is 0 Å². The summed E-state index contributed by atoms with van der Waals surface area (Å²) >= 11 is 0. The first-order valence-corrected chi connectivity index (χ1v) is 26.1. The summed E-state index contributed by atoms with van der Waals surface area (Å²) in [6.07, 6.45) is -25.6. The van der Waals surface area contributed by atoms with Gasteiger partial charge in [0.05, 0.1) is 49.7 Å². The normalized spacial score (nSPS) is 52.1. The fourth-order valence-electron chi connectivity index (χ4n) is 15.6. The molecule has 7 fully saturated rings. The molecule has 13 N–H and O–H groups in total. The van der Waals surface area contributed by atoms with Crippen LogP contribution in [0.5, 0.6) is 0 Å². The second kappa shape index (κ2) is 20.4. The van der Waals surface area contributed by atoms with Gasteiger partial charge in [-0.15, -0.1) is 0 Å². The van der Waals surface area contributed by atoms with Gasteiger partial charge in [0.15, 0.2) is 25.0 Å². The number of allylic oxidation sites excluding steroid dienone is 2. The number of ether oxygens (including phenoxy) is 7. The molecule has 0 amide bonds. The van der Waals surface area contributed by atoms with E-state index in [0.29, 0.717) is 38.5 Å². The van der Waals surface area contributed by atoms with Crippen LogP contribution < -0.4 is 0 Å². The SMILES string of the molecule is C/C=C(/C)C(=O)O[C@H]1[C@H](O)C(C)(C)C[C@H]2C3=CC[C@@H]4[C@@]5(C)CC[C@H](O[C@H]6O[C@H](C(=O)O)[C@@H](O)[C@H](O[C@@H]7OC[C@H](O)[C@H](O)[C@H]7O)[C@H]6O[C@@H]6O[C@H](CO)[C@@H](O)[C@H](O)[C@H]6O)C(C)(C)[C@@H]5CC[C@@]4(C)[C@]3(C)[C@@H](O)[C@@H](O)[C@]21CO. The highest BCUT2D eigenvalue weighted by Crippen LogP contribution is 2.76. The number of rotatable bonds is 11. The van der Waals surface area contributed by atoms with Crippen LogP contribution in [0.25, 0.3) is 0 Å². The first-order chi connectivity index (χ1) is 34.5. The molecule has 0 aromatic heterocycles. The second-order valence-electron chi connectivity index (χ2n) is 24.7. The van der Waals surface area contributed by atoms with E-state index in [1.165, 1.54) is 0 Å². The van der Waals surface area contributed by atoms with Crippen LogP contribution in [-0.2, 0) is 42.7 Å². The molecule has 0 aromatic carbocycles. The third-order valence-electron chi connectivity index (χ3n) is 20.4. The number of esters is 1. The number of aliphatic hydroxyl groups excluding tert-OH is 12. The molecular weight excluding hydrogens is 977 g/mol. The number of carbonyl (C=O) groups is 2. The zero-order valence-electron chi connectivity index (χ0n) is 43.7. The van der Waals surface area contributed by atoms with E-state index in [-0.39, 0.29) is 17.4 Å². The van der Waals surface area contributed by atoms with Crippen molar-refractivity contribution in [3.05, 3.63) is 23.3 Å². The Bertz CT molecular complexity index is 2130. The Balaban J connectivity index is 1.13. The predicted molar refractivity (Wildman–Crippen MR) is 253 cm³/mol. The van der Waals surface area contributed by atoms with Crippen LogP contribution in [0.3, 0.4) is 0 Å². The first kappa shape index (κ1) is 57.9. The maximum absolute atomic E-state index is 13.4. The van der Waals surface area contributed by atoms with Gasteiger partial charge in [-0.25, -0.2) is 9.59 Å². The summed E-state index contributed by atoms with van der Waals surface area (Å²) in [7, 11) is 0. The molecule has 0 unspecified atom stereocenters. The maximum Gasteiger partial charge on any atom is 0.335 e. The molecule has 5 aliphatic carbocycles. The van der Waals surface area contributed by atoms with Crippen molar-refractivity contribution in [2.24, 2.45) is 50.2 Å². The summed E-state index contributed by atoms with van der Waals surface area (Å²) in [4.78, 5) is 26.2. The first-order valence-electron chi connectivity index (χ1n) is 26.1. The van der Waals surface area contributed by atoms with Crippen molar-refractivity contribution in [1.29, 1.82) is 0 Å². The van der Waals surface area contributed by atoms with E-state index in [4.69, 9.17) is 33.2 Å². The van der Waals surface area contributed by atoms with Crippen LogP contribution in [0.2, 0.25) is 0 Å². The molecule has 22 nitrogen and oxygen atoms in total. The van der Waals surface area contributed by atoms with Crippen molar-refractivity contribution < 1.29 is 109 Å². The molecule has 74 heavy (non-hydrogen) atoms. The molecule has 0 spiro atoms. The highest BCUT2D eigenvalue weighted by atomic mass is 16.8. The van der Waals surface area contributed by atoms with Gasteiger partial charge in [0.25, 0.3) is 0 Å². The standard InChI is InChI=1S/C52H82O22/c1-10-21(2)43(67)74-41-40(64)47(3,4)17-23-22-11-12-27-49(7)15-14-28(48(5,6)26(49)13-16-50(27,8)51(22,9)38(62)39(63)52(23,41)20-54)70-46-37(73-45-33(60)31(58)30(57)25(18-53)69-45)35(34(61)36(72-46)42(65)66)71-44-32(59)29(56)24(55)19-68-44/h10-11,23-41,44-46,53-64H,12-20H2,1-9H3,(H,65,66)/b21-10-/t23-,24-,25+,26-,27+,28-,29-,30+,31-,32+,33+,34-,35-,36-,37+,38-,39+,40-,41-,44-,45-,46-,49-,50+,51-,52-/m0/s1. The Morgan fingerprint density at radius 3 is 2.00 bits per heavy atom. The zero-order chi connectivity index (χ0) is 54.7. The van der Waals surface area contributed by atoms with E-state index < -0.39 is 187 Å². The maximum atomic E-state index is 13.4. The van der Waals surface area contributed by atoms with Gasteiger partial charge in [-0.1, -0.05) is 66.2 Å². The third-order valence-corrected chi connectivity index (χ3v) is 20.4. The second-order valence-corrected chi connectivity index (χ2v) is 24.7. The van der Waals surface area contributed by atoms with Crippen LogP contribution in [0.15, 0.2) is 23.3 Å². The lowest BCUT2D eigenvalue weighted by atomic mass is 9.32. The molecule has 0 radical (unpaired) electrons. The van der Waals surface area contributed by atoms with Gasteiger partial charge in [-0.05, 0) is 91.8 Å². The Kier molecular flexibility index (Phi) is 16.0. The molecule has 4 saturated carbocycles. The average Bonchev–Trinajstić information content (AvgIpc) is 3.34. The zero-order valence-corrected chi connectivity index (χ0v) is 43.7. The predicted octanol–water partition coefficient (Wildman–Crippen LogP) is -1.25. The van der Waals surface area contributed by atoms with Crippen molar-refractivity contribution in [3.8, 4) is 0 Å². The van der Waals surface area contributed by atoms with Crippen LogP contribution in [-0.4, -0.2) is 215 Å². The molecule has 3 saturated heterocycles. The number of carboxylic acids is 1. The molecule has 0 aromatic rings. The van der Waals surface area contributed by atoms with Crippen molar-refractivity contribution in [2.45, 2.75) is 217 Å². The van der Waals surface area contributed by atoms with Crippen LogP contribution >= 0.6 is 0 Å². The lowest BCUT2D eigenvalue weighted by Gasteiger charge is -2.73. The summed E-state index contributed by atoms with van der Waals surface area (Å²) in [5.41, 5.74) is -4.38. The van der Waals surface area contributed by atoms with E-state index in [1.807, 2.05) is 34.6 Å². The Labute approximate surface area is 430 Å². The highest BCUT2D eigenvalue weighted by Gasteiger charge is 2.76. The van der Waals surface area contributed by atoms with Crippen LogP contribution in [0.1, 0.15) is 101 Å². The van der Waals surface area contributed by atoms with Gasteiger partial charge in [0, 0.05) is 11.0 Å². The third kappa shape index (κ3) is 8.68. The highest BCUT2D eigenvalue weighted by molar-refractivity contribution is 5.87. The van der Waals surface area contributed by atoms with E-state index in [0.717, 1.165) is 5.57 Å². The molecule has 3 heterocycles. The number of carbonyl (C=O) groups excluding carboxylic acids is 1. The van der Waals surface area contributed by atoms with Crippen molar-refractivity contribution in [2.75, 3.05) is 19.8 Å². The van der Waals surface area contributed by atoms with Gasteiger partial charge >= 0.3 is 11.9 Å². The van der Waals surface area contributed by atoms with Crippen molar-refractivity contribution in [3.63, 3.8) is 0 Å². The summed E-state index contributed by atoms with van der Waals surface area (Å²) in [5.74, 6) is -3.21. The lowest BCUT2D eigenvalue weighted by Crippen LogP contribution is -2.76. The Hall–Kier alpha value is -2.30. The molecule has 26 atom stereocenters. The molecule has 422 valence electrons. The summed E-state index contributed by atoms with van der Waals surface area (Å²) in [5, 5.41) is 145. The fourth-order valence-corrected chi connectivity index (χ4v) is 15.6. The van der Waals surface area contributed by atoms with Crippen LogP contribution in [0, 0.1) is 50.2 Å². The molecule has 22 heteroatoms. The largest absolute Gasteiger partial charge is 0.479 e. The number of carboxylic acid groups (broad SMARTS) is 1. The van der Waals surface area contributed by atoms with Gasteiger partial charge in [0.1, 0.15) is 67.1 Å². The number of aliphatic hydroxyl groups is 12. The fraction of sp³-hybridized carbons (Fsp3) is 0.885. The molecule has 8 aliphatic rings. The van der Waals surface area contributed by atoms with Crippen LogP contribution in [0.4, 0.5) is 0 Å². The topological polar surface area (TPSA) is 362 Å². The number of fused-ring (bicyclic) bond motifs is 7. The summed E-state index contributed by atoms with van der Waals surface area (Å²) in [6.45, 7) is 15.3. The minimum atomic E-state index is -2.12. The number of hydrogen-bond acceptors (Lipinski definition) is 21. The van der Waals surface area contributed by atoms with Gasteiger partial charge < -0.3 is 99.5 Å². The van der Waals surface area contributed by atoms with Gasteiger partial charge in [0.2, 0.25) is 0 Å². The van der Waals surface area contributed by atoms with E-state index in [1.54, 1.807) is 19.9 Å².